The van der Waals surface area contributed by atoms with E-state index in [-0.39, 0.29) is 18.6 Å². The van der Waals surface area contributed by atoms with E-state index >= 15 is 0 Å². The molecule has 1 unspecified atom stereocenters. The Morgan fingerprint density at radius 3 is 2.57 bits per heavy atom. The molecule has 3 nitrogen and oxygen atoms in total. The molecular formula is C10H20ClNO2. The van der Waals surface area contributed by atoms with Gasteiger partial charge in [-0.25, -0.2) is 0 Å². The molecule has 84 valence electrons. The molecule has 14 heavy (non-hydrogen) atoms. The molecule has 1 atom stereocenters. The summed E-state index contributed by atoms with van der Waals surface area (Å²) in [6, 6.07) is 0.153. The van der Waals surface area contributed by atoms with Gasteiger partial charge >= 0.3 is 0 Å². The normalized spacial score (nSPS) is 12.9. The van der Waals surface area contributed by atoms with Crippen molar-refractivity contribution in [3.63, 3.8) is 0 Å². The molecule has 0 rings (SSSR count). The van der Waals surface area contributed by atoms with Crippen molar-refractivity contribution < 1.29 is 9.53 Å². The van der Waals surface area contributed by atoms with Crippen LogP contribution in [0.5, 0.6) is 0 Å². The first-order chi connectivity index (χ1) is 6.61. The van der Waals surface area contributed by atoms with Gasteiger partial charge in [0.15, 0.2) is 0 Å². The summed E-state index contributed by atoms with van der Waals surface area (Å²) in [5.74, 6) is 0.910. The molecule has 4 heteroatoms. The second-order valence-corrected chi connectivity index (χ2v) is 3.91. The van der Waals surface area contributed by atoms with Crippen LogP contribution in [-0.4, -0.2) is 31.0 Å². The van der Waals surface area contributed by atoms with Crippen LogP contribution in [0.1, 0.15) is 27.2 Å². The third kappa shape index (κ3) is 6.22. The standard InChI is InChI=1S/C10H20ClNO2/c1-4-14-7-10(13)12-9(5-6-11)8(2)3/h8-9H,4-7H2,1-3H3,(H,12,13). The fraction of sp³-hybridized carbons (Fsp3) is 0.900. The first-order valence-electron chi connectivity index (χ1n) is 5.04. The third-order valence-corrected chi connectivity index (χ3v) is 2.23. The second kappa shape index (κ2) is 8.06. The lowest BCUT2D eigenvalue weighted by Gasteiger charge is -2.21. The Balaban J connectivity index is 3.83. The molecule has 0 aliphatic heterocycles. The number of hydrogen-bond acceptors (Lipinski definition) is 2. The number of carbonyl (C=O) groups is 1. The largest absolute Gasteiger partial charge is 0.372 e. The topological polar surface area (TPSA) is 38.3 Å². The van der Waals surface area contributed by atoms with Crippen molar-refractivity contribution in [3.8, 4) is 0 Å². The zero-order chi connectivity index (χ0) is 11.0. The summed E-state index contributed by atoms with van der Waals surface area (Å²) in [4.78, 5) is 11.3. The van der Waals surface area contributed by atoms with Crippen molar-refractivity contribution in [1.29, 1.82) is 0 Å². The number of carbonyl (C=O) groups excluding carboxylic acids is 1. The van der Waals surface area contributed by atoms with Crippen molar-refractivity contribution in [2.24, 2.45) is 5.92 Å². The van der Waals surface area contributed by atoms with Crippen LogP contribution in [0.4, 0.5) is 0 Å². The van der Waals surface area contributed by atoms with Gasteiger partial charge in [-0.05, 0) is 19.3 Å². The lowest BCUT2D eigenvalue weighted by Crippen LogP contribution is -2.40. The van der Waals surface area contributed by atoms with E-state index in [0.29, 0.717) is 18.4 Å². The summed E-state index contributed by atoms with van der Waals surface area (Å²) in [6.45, 7) is 6.71. The molecule has 0 saturated heterocycles. The molecule has 1 amide bonds. The molecular weight excluding hydrogens is 202 g/mol. The molecule has 0 heterocycles. The Kier molecular flexibility index (Phi) is 7.90. The maximum Gasteiger partial charge on any atom is 0.246 e. The van der Waals surface area contributed by atoms with Gasteiger partial charge in [-0.1, -0.05) is 13.8 Å². The molecule has 0 aromatic carbocycles. The van der Waals surface area contributed by atoms with E-state index in [9.17, 15) is 4.79 Å². The van der Waals surface area contributed by atoms with Crippen LogP contribution >= 0.6 is 11.6 Å². The third-order valence-electron chi connectivity index (χ3n) is 2.01. The SMILES string of the molecule is CCOCC(=O)NC(CCCl)C(C)C. The molecule has 0 aromatic heterocycles. The van der Waals surface area contributed by atoms with Crippen LogP contribution in [-0.2, 0) is 9.53 Å². The maximum atomic E-state index is 11.3. The Morgan fingerprint density at radius 2 is 2.14 bits per heavy atom. The summed E-state index contributed by atoms with van der Waals surface area (Å²) >= 11 is 5.65. The van der Waals surface area contributed by atoms with Crippen molar-refractivity contribution in [3.05, 3.63) is 0 Å². The summed E-state index contributed by atoms with van der Waals surface area (Å²) in [5, 5.41) is 2.90. The molecule has 1 N–H and O–H groups in total. The van der Waals surface area contributed by atoms with Crippen LogP contribution < -0.4 is 5.32 Å². The lowest BCUT2D eigenvalue weighted by molar-refractivity contribution is -0.126. The van der Waals surface area contributed by atoms with Gasteiger partial charge in [0, 0.05) is 18.5 Å². The van der Waals surface area contributed by atoms with E-state index in [2.05, 4.69) is 19.2 Å². The van der Waals surface area contributed by atoms with Crippen LogP contribution in [0.25, 0.3) is 0 Å². The fourth-order valence-corrected chi connectivity index (χ4v) is 1.37. The molecule has 0 aliphatic rings. The van der Waals surface area contributed by atoms with Crippen molar-refractivity contribution in [1.82, 2.24) is 5.32 Å². The quantitative estimate of drug-likeness (QED) is 0.666. The van der Waals surface area contributed by atoms with Gasteiger partial charge in [0.05, 0.1) is 0 Å². The lowest BCUT2D eigenvalue weighted by atomic mass is 10.0. The van der Waals surface area contributed by atoms with Crippen LogP contribution in [0.15, 0.2) is 0 Å². The van der Waals surface area contributed by atoms with E-state index < -0.39 is 0 Å². The second-order valence-electron chi connectivity index (χ2n) is 3.53. The first kappa shape index (κ1) is 13.7. The minimum atomic E-state index is -0.0596. The molecule has 0 radical (unpaired) electrons. The summed E-state index contributed by atoms with van der Waals surface area (Å²) < 4.78 is 5.01. The van der Waals surface area contributed by atoms with Crippen LogP contribution in [0.2, 0.25) is 0 Å². The summed E-state index contributed by atoms with van der Waals surface area (Å²) in [5.41, 5.74) is 0. The van der Waals surface area contributed by atoms with E-state index in [1.54, 1.807) is 0 Å². The maximum absolute atomic E-state index is 11.3. The molecule has 0 aliphatic carbocycles. The Morgan fingerprint density at radius 1 is 1.50 bits per heavy atom. The molecule has 0 saturated carbocycles. The highest BCUT2D eigenvalue weighted by atomic mass is 35.5. The highest BCUT2D eigenvalue weighted by Gasteiger charge is 2.14. The number of alkyl halides is 1. The van der Waals surface area contributed by atoms with Crippen molar-refractivity contribution >= 4 is 17.5 Å². The highest BCUT2D eigenvalue weighted by molar-refractivity contribution is 6.17. The van der Waals surface area contributed by atoms with Crippen LogP contribution in [0, 0.1) is 5.92 Å². The monoisotopic (exact) mass is 221 g/mol. The van der Waals surface area contributed by atoms with Gasteiger partial charge in [-0.3, -0.25) is 4.79 Å². The van der Waals surface area contributed by atoms with E-state index in [0.717, 1.165) is 6.42 Å². The van der Waals surface area contributed by atoms with Gasteiger partial charge in [0.1, 0.15) is 6.61 Å². The summed E-state index contributed by atoms with van der Waals surface area (Å²) in [6.07, 6.45) is 0.803. The number of hydrogen-bond donors (Lipinski definition) is 1. The zero-order valence-electron chi connectivity index (χ0n) is 9.18. The Bertz CT molecular complexity index is 162. The van der Waals surface area contributed by atoms with E-state index in [1.165, 1.54) is 0 Å². The number of halogens is 1. The zero-order valence-corrected chi connectivity index (χ0v) is 9.93. The van der Waals surface area contributed by atoms with Gasteiger partial charge in [-0.2, -0.15) is 0 Å². The van der Waals surface area contributed by atoms with Crippen LogP contribution in [0.3, 0.4) is 0 Å². The minimum Gasteiger partial charge on any atom is -0.372 e. The van der Waals surface area contributed by atoms with Gasteiger partial charge in [0.25, 0.3) is 0 Å². The average Bonchev–Trinajstić information content (AvgIpc) is 2.14. The predicted molar refractivity (Wildman–Crippen MR) is 58.6 cm³/mol. The number of ether oxygens (including phenoxy) is 1. The van der Waals surface area contributed by atoms with Crippen molar-refractivity contribution in [2.75, 3.05) is 19.1 Å². The van der Waals surface area contributed by atoms with Crippen molar-refractivity contribution in [2.45, 2.75) is 33.2 Å². The fourth-order valence-electron chi connectivity index (χ4n) is 1.13. The average molecular weight is 222 g/mol. The number of nitrogens with one attached hydrogen (secondary N) is 1. The van der Waals surface area contributed by atoms with Gasteiger partial charge in [0.2, 0.25) is 5.91 Å². The first-order valence-corrected chi connectivity index (χ1v) is 5.58. The Labute approximate surface area is 91.2 Å². The molecule has 0 fully saturated rings. The molecule has 0 bridgehead atoms. The highest BCUT2D eigenvalue weighted by Crippen LogP contribution is 2.06. The molecule has 0 aromatic rings. The molecule has 0 spiro atoms. The number of amides is 1. The van der Waals surface area contributed by atoms with E-state index in [4.69, 9.17) is 16.3 Å². The smallest absolute Gasteiger partial charge is 0.246 e. The van der Waals surface area contributed by atoms with Gasteiger partial charge < -0.3 is 10.1 Å². The summed E-state index contributed by atoms with van der Waals surface area (Å²) in [7, 11) is 0. The number of rotatable bonds is 7. The van der Waals surface area contributed by atoms with Gasteiger partial charge in [-0.15, -0.1) is 11.6 Å². The Hall–Kier alpha value is -0.280. The predicted octanol–water partition coefficient (Wildman–Crippen LogP) is 1.79. The minimum absolute atomic E-state index is 0.0596. The van der Waals surface area contributed by atoms with E-state index in [1.807, 2.05) is 6.92 Å².